The van der Waals surface area contributed by atoms with Crippen LogP contribution in [0.2, 0.25) is 0 Å². The van der Waals surface area contributed by atoms with Crippen LogP contribution in [-0.4, -0.2) is 16.1 Å². The second-order valence-corrected chi connectivity index (χ2v) is 5.08. The fraction of sp³-hybridized carbons (Fsp3) is 0.600. The summed E-state index contributed by atoms with van der Waals surface area (Å²) in [7, 11) is 0. The molecule has 1 aliphatic rings. The van der Waals surface area contributed by atoms with Crippen LogP contribution in [-0.2, 0) is 12.8 Å². The van der Waals surface area contributed by atoms with Crippen LogP contribution < -0.4 is 0 Å². The van der Waals surface area contributed by atoms with Gasteiger partial charge in [0.2, 0.25) is 0 Å². The van der Waals surface area contributed by atoms with Gasteiger partial charge in [-0.05, 0) is 43.7 Å². The number of nitrogens with zero attached hydrogens (tertiary/aromatic N) is 1. The van der Waals surface area contributed by atoms with Crippen molar-refractivity contribution in [1.29, 1.82) is 0 Å². The van der Waals surface area contributed by atoms with E-state index >= 15 is 0 Å². The van der Waals surface area contributed by atoms with Gasteiger partial charge in [-0.15, -0.1) is 0 Å². The van der Waals surface area contributed by atoms with Crippen LogP contribution in [0.5, 0.6) is 0 Å². The number of hydrogen-bond acceptors (Lipinski definition) is 2. The molecular formula is C15H21NO2. The molecule has 0 aromatic carbocycles. The largest absolute Gasteiger partial charge is 0.478 e. The Hall–Kier alpha value is -1.38. The Bertz CT molecular complexity index is 454. The van der Waals surface area contributed by atoms with Gasteiger partial charge in [-0.25, -0.2) is 4.79 Å². The maximum atomic E-state index is 11.3. The van der Waals surface area contributed by atoms with E-state index in [1.165, 1.54) is 6.42 Å². The minimum Gasteiger partial charge on any atom is -0.478 e. The molecule has 0 amide bonds. The van der Waals surface area contributed by atoms with Crippen LogP contribution >= 0.6 is 0 Å². The van der Waals surface area contributed by atoms with Crippen LogP contribution in [0.4, 0.5) is 0 Å². The van der Waals surface area contributed by atoms with Gasteiger partial charge in [0.05, 0.1) is 11.3 Å². The van der Waals surface area contributed by atoms with E-state index in [1.807, 2.05) is 6.07 Å². The van der Waals surface area contributed by atoms with Gasteiger partial charge in [0, 0.05) is 11.6 Å². The van der Waals surface area contributed by atoms with Crippen molar-refractivity contribution in [2.45, 2.75) is 58.3 Å². The highest BCUT2D eigenvalue weighted by atomic mass is 16.4. The maximum absolute atomic E-state index is 11.3. The van der Waals surface area contributed by atoms with E-state index in [9.17, 15) is 9.90 Å². The van der Waals surface area contributed by atoms with E-state index in [0.717, 1.165) is 49.1 Å². The summed E-state index contributed by atoms with van der Waals surface area (Å²) in [6, 6.07) is 1.87. The van der Waals surface area contributed by atoms with Crippen molar-refractivity contribution in [3.63, 3.8) is 0 Å². The van der Waals surface area contributed by atoms with Gasteiger partial charge < -0.3 is 5.11 Å². The Morgan fingerprint density at radius 3 is 2.89 bits per heavy atom. The lowest BCUT2D eigenvalue weighted by Crippen LogP contribution is -2.16. The van der Waals surface area contributed by atoms with Crippen molar-refractivity contribution in [1.82, 2.24) is 4.98 Å². The van der Waals surface area contributed by atoms with Crippen LogP contribution in [0.3, 0.4) is 0 Å². The van der Waals surface area contributed by atoms with E-state index in [2.05, 4.69) is 13.8 Å². The van der Waals surface area contributed by atoms with Crippen LogP contribution in [0.15, 0.2) is 6.07 Å². The molecule has 0 bridgehead atoms. The number of hydrogen-bond donors (Lipinski definition) is 1. The van der Waals surface area contributed by atoms with Crippen molar-refractivity contribution in [2.24, 2.45) is 0 Å². The molecule has 3 nitrogen and oxygen atoms in total. The third-order valence-electron chi connectivity index (χ3n) is 3.81. The molecule has 1 aromatic heterocycles. The van der Waals surface area contributed by atoms with Crippen LogP contribution in [0.1, 0.15) is 72.8 Å². The third kappa shape index (κ3) is 2.40. The maximum Gasteiger partial charge on any atom is 0.337 e. The molecule has 1 aromatic rings. The van der Waals surface area contributed by atoms with Gasteiger partial charge in [-0.2, -0.15) is 0 Å². The van der Waals surface area contributed by atoms with E-state index in [0.29, 0.717) is 11.5 Å². The smallest absolute Gasteiger partial charge is 0.337 e. The van der Waals surface area contributed by atoms with Crippen molar-refractivity contribution in [3.8, 4) is 0 Å². The van der Waals surface area contributed by atoms with Crippen molar-refractivity contribution < 1.29 is 9.90 Å². The monoisotopic (exact) mass is 247 g/mol. The van der Waals surface area contributed by atoms with Gasteiger partial charge in [0.25, 0.3) is 0 Å². The number of aryl methyl sites for hydroxylation is 2. The predicted molar refractivity (Wildman–Crippen MR) is 71.2 cm³/mol. The van der Waals surface area contributed by atoms with Crippen LogP contribution in [0.25, 0.3) is 0 Å². The van der Waals surface area contributed by atoms with E-state index in [1.54, 1.807) is 0 Å². The molecular weight excluding hydrogens is 226 g/mol. The Labute approximate surface area is 108 Å². The summed E-state index contributed by atoms with van der Waals surface area (Å²) in [5.74, 6) is -0.320. The molecule has 2 rings (SSSR count). The summed E-state index contributed by atoms with van der Waals surface area (Å²) in [5.41, 5.74) is 3.50. The van der Waals surface area contributed by atoms with Crippen LogP contribution in [0, 0.1) is 0 Å². The molecule has 0 aliphatic heterocycles. The molecule has 1 aliphatic carbocycles. The quantitative estimate of drug-likeness (QED) is 0.885. The first-order valence-electron chi connectivity index (χ1n) is 6.93. The molecule has 0 saturated carbocycles. The molecule has 18 heavy (non-hydrogen) atoms. The first-order valence-corrected chi connectivity index (χ1v) is 6.93. The molecule has 3 heteroatoms. The number of fused-ring (bicyclic) bond motifs is 1. The SMILES string of the molecule is CCCc1nc2c(cc1C(=O)O)CCCC2CC. The second kappa shape index (κ2) is 5.51. The Morgan fingerprint density at radius 2 is 2.28 bits per heavy atom. The molecule has 0 saturated heterocycles. The average Bonchev–Trinajstić information content (AvgIpc) is 2.37. The molecule has 1 unspecified atom stereocenters. The number of carbonyl (C=O) groups is 1. The first-order chi connectivity index (χ1) is 8.67. The van der Waals surface area contributed by atoms with Crippen molar-refractivity contribution >= 4 is 5.97 Å². The first kappa shape index (κ1) is 13.1. The summed E-state index contributed by atoms with van der Waals surface area (Å²) >= 11 is 0. The lowest BCUT2D eigenvalue weighted by Gasteiger charge is -2.24. The predicted octanol–water partition coefficient (Wildman–Crippen LogP) is 3.56. The second-order valence-electron chi connectivity index (χ2n) is 5.08. The minimum atomic E-state index is -0.840. The van der Waals surface area contributed by atoms with Crippen molar-refractivity contribution in [2.75, 3.05) is 0 Å². The third-order valence-corrected chi connectivity index (χ3v) is 3.81. The zero-order valence-corrected chi connectivity index (χ0v) is 11.2. The number of aromatic nitrogens is 1. The number of aromatic carboxylic acids is 1. The van der Waals surface area contributed by atoms with E-state index in [4.69, 9.17) is 4.98 Å². The number of pyridine rings is 1. The topological polar surface area (TPSA) is 50.2 Å². The Morgan fingerprint density at radius 1 is 1.50 bits per heavy atom. The Balaban J connectivity index is 2.49. The van der Waals surface area contributed by atoms with Gasteiger partial charge in [-0.1, -0.05) is 20.3 Å². The molecule has 1 atom stereocenters. The minimum absolute atomic E-state index is 0.410. The van der Waals surface area contributed by atoms with Crippen molar-refractivity contribution in [3.05, 3.63) is 28.6 Å². The summed E-state index contributed by atoms with van der Waals surface area (Å²) in [5, 5.41) is 9.28. The van der Waals surface area contributed by atoms with E-state index in [-0.39, 0.29) is 0 Å². The van der Waals surface area contributed by atoms with Gasteiger partial charge >= 0.3 is 5.97 Å². The molecule has 1 N–H and O–H groups in total. The van der Waals surface area contributed by atoms with Gasteiger partial charge in [0.1, 0.15) is 0 Å². The Kier molecular flexibility index (Phi) is 4.00. The number of carboxylic acid groups (broad SMARTS) is 1. The highest BCUT2D eigenvalue weighted by Crippen LogP contribution is 2.33. The molecule has 0 fully saturated rings. The molecule has 0 radical (unpaired) electrons. The highest BCUT2D eigenvalue weighted by Gasteiger charge is 2.23. The fourth-order valence-corrected chi connectivity index (χ4v) is 2.85. The summed E-state index contributed by atoms with van der Waals surface area (Å²) < 4.78 is 0. The number of rotatable bonds is 4. The fourth-order valence-electron chi connectivity index (χ4n) is 2.85. The normalized spacial score (nSPS) is 18.4. The van der Waals surface area contributed by atoms with Gasteiger partial charge in [-0.3, -0.25) is 4.98 Å². The lowest BCUT2D eigenvalue weighted by atomic mass is 9.84. The molecule has 0 spiro atoms. The highest BCUT2D eigenvalue weighted by molar-refractivity contribution is 5.89. The number of carboxylic acids is 1. The summed E-state index contributed by atoms with van der Waals surface area (Å²) in [6.45, 7) is 4.25. The van der Waals surface area contributed by atoms with E-state index < -0.39 is 5.97 Å². The zero-order chi connectivity index (χ0) is 13.1. The molecule has 98 valence electrons. The standard InChI is InChI=1S/C15H21NO2/c1-3-6-13-12(15(17)18)9-11-8-5-7-10(4-2)14(11)16-13/h9-10H,3-8H2,1-2H3,(H,17,18). The van der Waals surface area contributed by atoms with Gasteiger partial charge in [0.15, 0.2) is 0 Å². The summed E-state index contributed by atoms with van der Waals surface area (Å²) in [6.07, 6.45) is 6.10. The summed E-state index contributed by atoms with van der Waals surface area (Å²) in [4.78, 5) is 16.0. The molecule has 1 heterocycles. The lowest BCUT2D eigenvalue weighted by molar-refractivity contribution is 0.0695. The average molecular weight is 247 g/mol. The zero-order valence-electron chi connectivity index (χ0n) is 11.2.